The number of nitrogens with zero attached hydrogens (tertiary/aromatic N) is 2. The molecule has 0 spiro atoms. The second-order valence-corrected chi connectivity index (χ2v) is 8.25. The van der Waals surface area contributed by atoms with Crippen LogP contribution in [-0.4, -0.2) is 35.7 Å². The van der Waals surface area contributed by atoms with E-state index in [2.05, 4.69) is 16.0 Å². The van der Waals surface area contributed by atoms with Crippen molar-refractivity contribution in [2.24, 2.45) is 0 Å². The summed E-state index contributed by atoms with van der Waals surface area (Å²) in [5.41, 5.74) is 4.27. The van der Waals surface area contributed by atoms with Gasteiger partial charge in [-0.15, -0.1) is 0 Å². The molecule has 1 amide bonds. The number of para-hydroxylation sites is 2. The van der Waals surface area contributed by atoms with Crippen LogP contribution in [0.5, 0.6) is 11.5 Å². The average Bonchev–Trinajstić information content (AvgIpc) is 3.20. The fourth-order valence-electron chi connectivity index (χ4n) is 4.03. The summed E-state index contributed by atoms with van der Waals surface area (Å²) in [6.07, 6.45) is 1.90. The molecule has 0 aliphatic rings. The predicted molar refractivity (Wildman–Crippen MR) is 134 cm³/mol. The molecule has 6 heteroatoms. The number of hydrogen-bond donors (Lipinski definition) is 1. The molecule has 0 bridgehead atoms. The Labute approximate surface area is 200 Å². The van der Waals surface area contributed by atoms with Crippen molar-refractivity contribution in [3.8, 4) is 11.5 Å². The van der Waals surface area contributed by atoms with Crippen LogP contribution in [0, 0.1) is 6.92 Å². The Balaban J connectivity index is 1.34. The van der Waals surface area contributed by atoms with Gasteiger partial charge in [0.15, 0.2) is 0 Å². The van der Waals surface area contributed by atoms with Gasteiger partial charge in [-0.05, 0) is 48.7 Å². The molecule has 0 aliphatic heterocycles. The lowest BCUT2D eigenvalue weighted by atomic mass is 10.1. The van der Waals surface area contributed by atoms with Gasteiger partial charge in [0.2, 0.25) is 5.91 Å². The first-order valence-electron chi connectivity index (χ1n) is 11.7. The predicted octanol–water partition coefficient (Wildman–Crippen LogP) is 4.72. The highest BCUT2D eigenvalue weighted by Gasteiger charge is 2.11. The maximum atomic E-state index is 12.4. The van der Waals surface area contributed by atoms with Crippen molar-refractivity contribution < 1.29 is 14.3 Å². The number of fused-ring (bicyclic) bond motifs is 1. The number of carbonyl (C=O) groups is 1. The second-order valence-electron chi connectivity index (χ2n) is 8.25. The van der Waals surface area contributed by atoms with Gasteiger partial charge in [0, 0.05) is 25.6 Å². The maximum absolute atomic E-state index is 12.4. The fraction of sp³-hybridized carbons (Fsp3) is 0.286. The Morgan fingerprint density at radius 2 is 1.79 bits per heavy atom. The second kappa shape index (κ2) is 11.4. The number of aromatic nitrogens is 2. The third kappa shape index (κ3) is 5.95. The number of ether oxygens (including phenoxy) is 2. The zero-order valence-electron chi connectivity index (χ0n) is 19.8. The molecule has 1 heterocycles. The topological polar surface area (TPSA) is 65.4 Å². The van der Waals surface area contributed by atoms with Gasteiger partial charge in [0.05, 0.1) is 31.2 Å². The van der Waals surface area contributed by atoms with Crippen molar-refractivity contribution in [2.75, 3.05) is 20.3 Å². The number of rotatable bonds is 11. The molecule has 0 saturated heterocycles. The molecule has 6 nitrogen and oxygen atoms in total. The summed E-state index contributed by atoms with van der Waals surface area (Å²) in [5.74, 6) is 2.58. The Bertz CT molecular complexity index is 1250. The van der Waals surface area contributed by atoms with Crippen molar-refractivity contribution in [1.29, 1.82) is 0 Å². The fourth-order valence-corrected chi connectivity index (χ4v) is 4.03. The molecular formula is C28H31N3O3. The van der Waals surface area contributed by atoms with E-state index in [1.54, 1.807) is 7.11 Å². The highest BCUT2D eigenvalue weighted by atomic mass is 16.5. The van der Waals surface area contributed by atoms with Crippen LogP contribution in [0.2, 0.25) is 0 Å². The van der Waals surface area contributed by atoms with E-state index in [1.165, 1.54) is 0 Å². The average molecular weight is 458 g/mol. The molecule has 0 radical (unpaired) electrons. The van der Waals surface area contributed by atoms with Crippen molar-refractivity contribution in [3.63, 3.8) is 0 Å². The van der Waals surface area contributed by atoms with Crippen LogP contribution in [0.25, 0.3) is 11.0 Å². The molecule has 1 N–H and O–H groups in total. The number of amides is 1. The largest absolute Gasteiger partial charge is 0.497 e. The summed E-state index contributed by atoms with van der Waals surface area (Å²) < 4.78 is 13.4. The molecule has 0 unspecified atom stereocenters. The molecule has 0 fully saturated rings. The lowest BCUT2D eigenvalue weighted by Crippen LogP contribution is -2.28. The molecule has 4 rings (SSSR count). The van der Waals surface area contributed by atoms with Gasteiger partial charge in [0.1, 0.15) is 17.3 Å². The lowest BCUT2D eigenvalue weighted by Gasteiger charge is -2.12. The number of hydrogen-bond acceptors (Lipinski definition) is 4. The van der Waals surface area contributed by atoms with Crippen molar-refractivity contribution >= 4 is 16.9 Å². The summed E-state index contributed by atoms with van der Waals surface area (Å²) in [5, 5.41) is 3.05. The number of carbonyl (C=O) groups excluding carboxylic acids is 1. The standard InChI is InChI=1S/C28H31N3O3/c1-21-9-3-4-10-22(21)19-28(32)29-16-15-27-30-25-13-5-6-14-26(25)31(27)17-8-18-34-24-12-7-11-23(20-24)33-2/h3-7,9-14,20H,8,15-19H2,1-2H3,(H,29,32). The highest BCUT2D eigenvalue weighted by molar-refractivity contribution is 5.79. The third-order valence-corrected chi connectivity index (χ3v) is 5.85. The molecule has 4 aromatic rings. The normalized spacial score (nSPS) is 10.9. The third-order valence-electron chi connectivity index (χ3n) is 5.85. The SMILES string of the molecule is COc1cccc(OCCCn2c(CCNC(=O)Cc3ccccc3C)nc3ccccc32)c1. The number of methoxy groups -OCH3 is 1. The Kier molecular flexibility index (Phi) is 7.81. The zero-order chi connectivity index (χ0) is 23.8. The van der Waals surface area contributed by atoms with E-state index in [1.807, 2.05) is 73.7 Å². The molecule has 0 atom stereocenters. The van der Waals surface area contributed by atoms with Crippen molar-refractivity contribution in [1.82, 2.24) is 14.9 Å². The molecular weight excluding hydrogens is 426 g/mol. The first-order valence-corrected chi connectivity index (χ1v) is 11.7. The number of nitrogens with one attached hydrogen (secondary N) is 1. The minimum atomic E-state index is 0.0312. The Morgan fingerprint density at radius 3 is 2.65 bits per heavy atom. The summed E-state index contributed by atoms with van der Waals surface area (Å²) >= 11 is 0. The maximum Gasteiger partial charge on any atom is 0.224 e. The highest BCUT2D eigenvalue weighted by Crippen LogP contribution is 2.20. The number of imidazole rings is 1. The zero-order valence-corrected chi connectivity index (χ0v) is 19.8. The quantitative estimate of drug-likeness (QED) is 0.331. The molecule has 1 aromatic heterocycles. The van der Waals surface area contributed by atoms with E-state index in [-0.39, 0.29) is 5.91 Å². The van der Waals surface area contributed by atoms with Gasteiger partial charge in [-0.1, -0.05) is 42.5 Å². The van der Waals surface area contributed by atoms with Crippen LogP contribution >= 0.6 is 0 Å². The van der Waals surface area contributed by atoms with Gasteiger partial charge in [-0.2, -0.15) is 0 Å². The van der Waals surface area contributed by atoms with Crippen LogP contribution in [0.1, 0.15) is 23.4 Å². The van der Waals surface area contributed by atoms with Crippen molar-refractivity contribution in [2.45, 2.75) is 32.7 Å². The Morgan fingerprint density at radius 1 is 1.00 bits per heavy atom. The minimum Gasteiger partial charge on any atom is -0.497 e. The monoisotopic (exact) mass is 457 g/mol. The molecule has 34 heavy (non-hydrogen) atoms. The van der Waals surface area contributed by atoms with E-state index in [9.17, 15) is 4.79 Å². The first-order chi connectivity index (χ1) is 16.6. The van der Waals surface area contributed by atoms with E-state index >= 15 is 0 Å². The van der Waals surface area contributed by atoms with E-state index < -0.39 is 0 Å². The first kappa shape index (κ1) is 23.4. The smallest absolute Gasteiger partial charge is 0.224 e. The van der Waals surface area contributed by atoms with Gasteiger partial charge in [-0.25, -0.2) is 4.98 Å². The lowest BCUT2D eigenvalue weighted by molar-refractivity contribution is -0.120. The van der Waals surface area contributed by atoms with Crippen LogP contribution in [-0.2, 0) is 24.2 Å². The van der Waals surface area contributed by atoms with Crippen LogP contribution in [0.3, 0.4) is 0 Å². The van der Waals surface area contributed by atoms with Gasteiger partial charge in [-0.3, -0.25) is 4.79 Å². The molecule has 176 valence electrons. The van der Waals surface area contributed by atoms with Crippen LogP contribution in [0.15, 0.2) is 72.8 Å². The molecule has 0 aliphatic carbocycles. The summed E-state index contributed by atoms with van der Waals surface area (Å²) in [6, 6.07) is 23.8. The minimum absolute atomic E-state index is 0.0312. The van der Waals surface area contributed by atoms with Gasteiger partial charge < -0.3 is 19.4 Å². The van der Waals surface area contributed by atoms with E-state index in [0.29, 0.717) is 26.0 Å². The van der Waals surface area contributed by atoms with E-state index in [0.717, 1.165) is 52.4 Å². The van der Waals surface area contributed by atoms with Gasteiger partial charge in [0.25, 0.3) is 0 Å². The van der Waals surface area contributed by atoms with Crippen molar-refractivity contribution in [3.05, 3.63) is 89.7 Å². The summed E-state index contributed by atoms with van der Waals surface area (Å²) in [7, 11) is 1.65. The molecule has 3 aromatic carbocycles. The number of benzene rings is 3. The van der Waals surface area contributed by atoms with Crippen LogP contribution in [0.4, 0.5) is 0 Å². The van der Waals surface area contributed by atoms with E-state index in [4.69, 9.17) is 14.5 Å². The van der Waals surface area contributed by atoms with Gasteiger partial charge >= 0.3 is 0 Å². The number of aryl methyl sites for hydroxylation is 2. The summed E-state index contributed by atoms with van der Waals surface area (Å²) in [6.45, 7) is 3.96. The Hall–Kier alpha value is -3.80. The van der Waals surface area contributed by atoms with Crippen LogP contribution < -0.4 is 14.8 Å². The summed E-state index contributed by atoms with van der Waals surface area (Å²) in [4.78, 5) is 17.3. The molecule has 0 saturated carbocycles.